The number of para-hydroxylation sites is 1. The lowest BCUT2D eigenvalue weighted by molar-refractivity contribution is 0.103. The van der Waals surface area contributed by atoms with Gasteiger partial charge in [0.2, 0.25) is 0 Å². The molecule has 0 saturated carbocycles. The summed E-state index contributed by atoms with van der Waals surface area (Å²) < 4.78 is 28.9. The molecule has 0 amide bonds. The van der Waals surface area contributed by atoms with Crippen molar-refractivity contribution in [1.29, 1.82) is 0 Å². The molecule has 0 heterocycles. The number of ketones is 1. The van der Waals surface area contributed by atoms with Crippen molar-refractivity contribution in [3.05, 3.63) is 95.6 Å². The number of aryl methyl sites for hydroxylation is 1. The van der Waals surface area contributed by atoms with Gasteiger partial charge in [-0.15, -0.1) is 0 Å². The molecular formula is C28H33NO3S. The molecule has 174 valence electrons. The Morgan fingerprint density at radius 2 is 1.36 bits per heavy atom. The summed E-state index contributed by atoms with van der Waals surface area (Å²) in [5, 5.41) is 0. The number of sulfonamides is 1. The third kappa shape index (κ3) is 6.32. The average Bonchev–Trinajstić information content (AvgIpc) is 2.84. The van der Waals surface area contributed by atoms with Crippen LogP contribution in [0.25, 0.3) is 0 Å². The third-order valence-electron chi connectivity index (χ3n) is 5.78. The maximum absolute atomic E-state index is 13.7. The smallest absolute Gasteiger partial charge is 0.264 e. The number of carbonyl (C=O) groups is 1. The molecule has 0 saturated heterocycles. The Morgan fingerprint density at radius 3 is 2.06 bits per heavy atom. The average molecular weight is 464 g/mol. The molecule has 3 rings (SSSR count). The summed E-state index contributed by atoms with van der Waals surface area (Å²) in [6.07, 6.45) is 6.29. The normalized spacial score (nSPS) is 11.3. The van der Waals surface area contributed by atoms with Crippen LogP contribution < -0.4 is 4.31 Å². The van der Waals surface area contributed by atoms with Crippen LogP contribution in [0.2, 0.25) is 0 Å². The number of hydrogen-bond donors (Lipinski definition) is 0. The molecule has 0 aliphatic rings. The van der Waals surface area contributed by atoms with Gasteiger partial charge in [0.15, 0.2) is 5.78 Å². The van der Waals surface area contributed by atoms with Crippen LogP contribution in [0.4, 0.5) is 5.69 Å². The van der Waals surface area contributed by atoms with Crippen LogP contribution in [0.5, 0.6) is 0 Å². The molecule has 0 fully saturated rings. The standard InChI is InChI=1S/C28H33NO3S/c1-3-4-5-6-7-13-22-29(33(31,32)25-20-18-23(2)19-21-25)27-17-12-11-16-26(27)28(30)24-14-9-8-10-15-24/h8-12,14-21H,3-7,13,22H2,1-2H3. The molecule has 0 unspecified atom stereocenters. The van der Waals surface area contributed by atoms with Gasteiger partial charge in [0, 0.05) is 17.7 Å². The van der Waals surface area contributed by atoms with E-state index in [0.717, 1.165) is 31.2 Å². The fourth-order valence-corrected chi connectivity index (χ4v) is 5.39. The second-order valence-corrected chi connectivity index (χ2v) is 10.2. The highest BCUT2D eigenvalue weighted by Crippen LogP contribution is 2.29. The molecular weight excluding hydrogens is 430 g/mol. The lowest BCUT2D eigenvalue weighted by Crippen LogP contribution is -2.33. The minimum Gasteiger partial charge on any atom is -0.289 e. The number of anilines is 1. The zero-order valence-corrected chi connectivity index (χ0v) is 20.4. The summed E-state index contributed by atoms with van der Waals surface area (Å²) in [6, 6.07) is 22.9. The lowest BCUT2D eigenvalue weighted by Gasteiger charge is -2.26. The monoisotopic (exact) mass is 463 g/mol. The van der Waals surface area contributed by atoms with E-state index in [1.165, 1.54) is 17.1 Å². The summed E-state index contributed by atoms with van der Waals surface area (Å²) >= 11 is 0. The van der Waals surface area contributed by atoms with E-state index in [0.29, 0.717) is 23.4 Å². The Labute approximate surface area is 198 Å². The molecule has 0 radical (unpaired) electrons. The molecule has 33 heavy (non-hydrogen) atoms. The van der Waals surface area contributed by atoms with Crippen LogP contribution in [0.15, 0.2) is 83.8 Å². The number of rotatable bonds is 12. The molecule has 3 aromatic rings. The van der Waals surface area contributed by atoms with Crippen molar-refractivity contribution in [2.45, 2.75) is 57.3 Å². The topological polar surface area (TPSA) is 54.5 Å². The first-order valence-corrected chi connectivity index (χ1v) is 13.2. The fourth-order valence-electron chi connectivity index (χ4n) is 3.87. The van der Waals surface area contributed by atoms with Gasteiger partial charge < -0.3 is 0 Å². The van der Waals surface area contributed by atoms with E-state index in [4.69, 9.17) is 0 Å². The van der Waals surface area contributed by atoms with E-state index in [1.54, 1.807) is 60.7 Å². The van der Waals surface area contributed by atoms with Crippen molar-refractivity contribution >= 4 is 21.5 Å². The van der Waals surface area contributed by atoms with E-state index in [2.05, 4.69) is 6.92 Å². The maximum atomic E-state index is 13.7. The number of unbranched alkanes of at least 4 members (excludes halogenated alkanes) is 5. The van der Waals surface area contributed by atoms with E-state index in [-0.39, 0.29) is 10.7 Å². The van der Waals surface area contributed by atoms with Crippen molar-refractivity contribution in [1.82, 2.24) is 0 Å². The summed E-state index contributed by atoms with van der Waals surface area (Å²) in [5.74, 6) is -0.182. The van der Waals surface area contributed by atoms with Gasteiger partial charge in [0.1, 0.15) is 0 Å². The van der Waals surface area contributed by atoms with Crippen molar-refractivity contribution < 1.29 is 13.2 Å². The first-order chi connectivity index (χ1) is 15.9. The number of nitrogens with zero attached hydrogens (tertiary/aromatic N) is 1. The van der Waals surface area contributed by atoms with Crippen LogP contribution >= 0.6 is 0 Å². The van der Waals surface area contributed by atoms with Gasteiger partial charge in [0.05, 0.1) is 10.6 Å². The van der Waals surface area contributed by atoms with Crippen molar-refractivity contribution in [2.24, 2.45) is 0 Å². The van der Waals surface area contributed by atoms with E-state index in [9.17, 15) is 13.2 Å². The van der Waals surface area contributed by atoms with Crippen LogP contribution in [0.1, 0.15) is 66.9 Å². The number of hydrogen-bond acceptors (Lipinski definition) is 3. The molecule has 0 aliphatic carbocycles. The highest BCUT2D eigenvalue weighted by Gasteiger charge is 2.28. The van der Waals surface area contributed by atoms with Gasteiger partial charge >= 0.3 is 0 Å². The zero-order chi connectivity index (χ0) is 23.7. The molecule has 0 spiro atoms. The quantitative estimate of drug-likeness (QED) is 0.220. The van der Waals surface area contributed by atoms with Crippen LogP contribution in [-0.4, -0.2) is 20.7 Å². The van der Waals surface area contributed by atoms with Gasteiger partial charge in [-0.3, -0.25) is 9.10 Å². The molecule has 5 heteroatoms. The SMILES string of the molecule is CCCCCCCCN(c1ccccc1C(=O)c1ccccc1)S(=O)(=O)c1ccc(C)cc1. The molecule has 0 aliphatic heterocycles. The Balaban J connectivity index is 1.97. The molecule has 4 nitrogen and oxygen atoms in total. The number of carbonyl (C=O) groups excluding carboxylic acids is 1. The Hall–Kier alpha value is -2.92. The summed E-state index contributed by atoms with van der Waals surface area (Å²) in [4.78, 5) is 13.5. The van der Waals surface area contributed by atoms with Crippen LogP contribution in [-0.2, 0) is 10.0 Å². The fraction of sp³-hybridized carbons (Fsp3) is 0.321. The number of benzene rings is 3. The van der Waals surface area contributed by atoms with E-state index in [1.807, 2.05) is 25.1 Å². The summed E-state index contributed by atoms with van der Waals surface area (Å²) in [5.41, 5.74) is 2.36. The minimum atomic E-state index is -3.83. The second-order valence-electron chi connectivity index (χ2n) is 8.37. The van der Waals surface area contributed by atoms with Gasteiger partial charge in [-0.1, -0.05) is 99.2 Å². The van der Waals surface area contributed by atoms with Gasteiger partial charge in [-0.05, 0) is 37.6 Å². The maximum Gasteiger partial charge on any atom is 0.264 e. The Morgan fingerprint density at radius 1 is 0.758 bits per heavy atom. The highest BCUT2D eigenvalue weighted by molar-refractivity contribution is 7.92. The molecule has 3 aromatic carbocycles. The minimum absolute atomic E-state index is 0.182. The summed E-state index contributed by atoms with van der Waals surface area (Å²) in [7, 11) is -3.83. The van der Waals surface area contributed by atoms with Gasteiger partial charge in [0.25, 0.3) is 10.0 Å². The Bertz CT molecular complexity index is 1140. The van der Waals surface area contributed by atoms with Crippen molar-refractivity contribution in [2.75, 3.05) is 10.8 Å². The van der Waals surface area contributed by atoms with Crippen LogP contribution in [0, 0.1) is 6.92 Å². The van der Waals surface area contributed by atoms with Gasteiger partial charge in [-0.2, -0.15) is 0 Å². The van der Waals surface area contributed by atoms with Crippen molar-refractivity contribution in [3.63, 3.8) is 0 Å². The molecule has 0 bridgehead atoms. The Kier molecular flexibility index (Phi) is 8.84. The molecule has 0 aromatic heterocycles. The van der Waals surface area contributed by atoms with Crippen molar-refractivity contribution in [3.8, 4) is 0 Å². The first kappa shape index (κ1) is 24.7. The zero-order valence-electron chi connectivity index (χ0n) is 19.5. The third-order valence-corrected chi connectivity index (χ3v) is 7.60. The first-order valence-electron chi connectivity index (χ1n) is 11.7. The van der Waals surface area contributed by atoms with Crippen LogP contribution in [0.3, 0.4) is 0 Å². The highest BCUT2D eigenvalue weighted by atomic mass is 32.2. The predicted molar refractivity (Wildman–Crippen MR) is 135 cm³/mol. The lowest BCUT2D eigenvalue weighted by atomic mass is 10.0. The summed E-state index contributed by atoms with van der Waals surface area (Å²) in [6.45, 7) is 4.44. The largest absolute Gasteiger partial charge is 0.289 e. The molecule has 0 N–H and O–H groups in total. The predicted octanol–water partition coefficient (Wildman–Crippen LogP) is 6.78. The second kappa shape index (κ2) is 11.8. The van der Waals surface area contributed by atoms with E-state index < -0.39 is 10.0 Å². The van der Waals surface area contributed by atoms with E-state index >= 15 is 0 Å². The molecule has 0 atom stereocenters. The van der Waals surface area contributed by atoms with Gasteiger partial charge in [-0.25, -0.2) is 8.42 Å².